The Morgan fingerprint density at radius 2 is 2.25 bits per heavy atom. The van der Waals surface area contributed by atoms with Crippen LogP contribution in [0.5, 0.6) is 0 Å². The summed E-state index contributed by atoms with van der Waals surface area (Å²) in [4.78, 5) is 13.0. The van der Waals surface area contributed by atoms with Crippen LogP contribution in [0.25, 0.3) is 0 Å². The molecule has 12 heavy (non-hydrogen) atoms. The van der Waals surface area contributed by atoms with E-state index in [0.29, 0.717) is 6.42 Å². The average molecular weight is 207 g/mol. The van der Waals surface area contributed by atoms with Crippen molar-refractivity contribution in [1.29, 1.82) is 0 Å². The number of thioether (sulfide) groups is 1. The van der Waals surface area contributed by atoms with Crippen LogP contribution in [0.4, 0.5) is 0 Å². The maximum absolute atomic E-state index is 11.3. The minimum Gasteiger partial charge on any atom is -0.346 e. The predicted octanol–water partition coefficient (Wildman–Crippen LogP) is 1.85. The molecule has 72 valence electrons. The van der Waals surface area contributed by atoms with Gasteiger partial charge in [-0.2, -0.15) is 11.8 Å². The minimum absolute atomic E-state index is 0.268. The first kappa shape index (κ1) is 12.2. The van der Waals surface area contributed by atoms with Crippen molar-refractivity contribution in [3.8, 4) is 0 Å². The Hall–Kier alpha value is 0.250. The lowest BCUT2D eigenvalue weighted by Crippen LogP contribution is -2.26. The molecule has 0 saturated carbocycles. The predicted molar refractivity (Wildman–Crippen MR) is 59.5 cm³/mol. The van der Waals surface area contributed by atoms with Crippen LogP contribution in [0, 0.1) is 0 Å². The normalized spacial score (nSPS) is 10.9. The molecule has 0 fully saturated rings. The fourth-order valence-corrected chi connectivity index (χ4v) is 2.41. The van der Waals surface area contributed by atoms with Crippen molar-refractivity contribution in [3.05, 3.63) is 0 Å². The molecular weight excluding hydrogens is 189 g/mol. The van der Waals surface area contributed by atoms with E-state index in [1.807, 2.05) is 25.7 Å². The molecule has 2 nitrogen and oxygen atoms in total. The summed E-state index contributed by atoms with van der Waals surface area (Å²) < 4.78 is 0. The van der Waals surface area contributed by atoms with Crippen molar-refractivity contribution in [2.24, 2.45) is 0 Å². The highest BCUT2D eigenvalue weighted by molar-refractivity contribution is 8.03. The van der Waals surface area contributed by atoms with Crippen molar-refractivity contribution < 1.29 is 4.79 Å². The van der Waals surface area contributed by atoms with E-state index in [9.17, 15) is 4.79 Å². The zero-order chi connectivity index (χ0) is 9.40. The van der Waals surface area contributed by atoms with E-state index in [1.165, 1.54) is 5.49 Å². The van der Waals surface area contributed by atoms with Gasteiger partial charge in [-0.1, -0.05) is 0 Å². The van der Waals surface area contributed by atoms with Crippen LogP contribution >= 0.6 is 20.3 Å². The zero-order valence-corrected chi connectivity index (χ0v) is 9.91. The van der Waals surface area contributed by atoms with Gasteiger partial charge in [0.25, 0.3) is 0 Å². The van der Waals surface area contributed by atoms with Gasteiger partial charge in [0, 0.05) is 31.3 Å². The van der Waals surface area contributed by atoms with E-state index < -0.39 is 0 Å². The van der Waals surface area contributed by atoms with Gasteiger partial charge in [-0.25, -0.2) is 0 Å². The molecule has 0 aliphatic heterocycles. The van der Waals surface area contributed by atoms with E-state index in [4.69, 9.17) is 0 Å². The first-order valence-electron chi connectivity index (χ1n) is 4.18. The number of carbonyl (C=O) groups is 1. The summed E-state index contributed by atoms with van der Waals surface area (Å²) >= 11 is 1.87. The van der Waals surface area contributed by atoms with E-state index >= 15 is 0 Å². The third-order valence-corrected chi connectivity index (χ3v) is 4.07. The van der Waals surface area contributed by atoms with Crippen molar-refractivity contribution in [2.75, 3.05) is 31.5 Å². The summed E-state index contributed by atoms with van der Waals surface area (Å²) in [5.41, 5.74) is 1.20. The van der Waals surface area contributed by atoms with Crippen LogP contribution in [-0.2, 0) is 4.79 Å². The second-order valence-corrected chi connectivity index (χ2v) is 5.24. The second-order valence-electron chi connectivity index (χ2n) is 2.56. The Morgan fingerprint density at radius 1 is 1.58 bits per heavy atom. The summed E-state index contributed by atoms with van der Waals surface area (Å²) in [6.07, 6.45) is 0.694. The summed E-state index contributed by atoms with van der Waals surface area (Å²) in [6.45, 7) is 5.00. The average Bonchev–Trinajstić information content (AvgIpc) is 2.10. The smallest absolute Gasteiger partial charge is 0.223 e. The molecular formula is C8H18NOPS. The molecule has 0 heterocycles. The Bertz CT molecular complexity index is 132. The van der Waals surface area contributed by atoms with E-state index in [1.54, 1.807) is 4.90 Å². The van der Waals surface area contributed by atoms with Crippen LogP contribution in [0.1, 0.15) is 13.3 Å². The number of hydrogen-bond donors (Lipinski definition) is 0. The minimum atomic E-state index is 0.268. The highest BCUT2D eigenvalue weighted by Crippen LogP contribution is 2.14. The zero-order valence-electron chi connectivity index (χ0n) is 8.09. The van der Waals surface area contributed by atoms with Crippen LogP contribution in [0.2, 0.25) is 0 Å². The van der Waals surface area contributed by atoms with E-state index in [2.05, 4.69) is 6.66 Å². The summed E-state index contributed by atoms with van der Waals surface area (Å²) in [5, 5.41) is 0. The monoisotopic (exact) mass is 207 g/mol. The Kier molecular flexibility index (Phi) is 8.04. The quantitative estimate of drug-likeness (QED) is 0.489. The lowest BCUT2D eigenvalue weighted by molar-refractivity contribution is -0.129. The molecule has 0 N–H and O–H groups in total. The number of rotatable bonds is 6. The third-order valence-electron chi connectivity index (χ3n) is 1.61. The van der Waals surface area contributed by atoms with Gasteiger partial charge in [-0.15, -0.1) is 8.58 Å². The molecule has 0 bridgehead atoms. The maximum Gasteiger partial charge on any atom is 0.223 e. The van der Waals surface area contributed by atoms with Crippen LogP contribution < -0.4 is 0 Å². The molecule has 1 amide bonds. The topological polar surface area (TPSA) is 20.3 Å². The lowest BCUT2D eigenvalue weighted by atomic mass is 10.4. The molecule has 0 rings (SSSR count). The van der Waals surface area contributed by atoms with E-state index in [-0.39, 0.29) is 5.91 Å². The van der Waals surface area contributed by atoms with Gasteiger partial charge < -0.3 is 4.90 Å². The molecule has 0 aromatic carbocycles. The summed E-state index contributed by atoms with van der Waals surface area (Å²) in [6, 6.07) is 0. The molecule has 0 aliphatic rings. The molecule has 1 atom stereocenters. The fraction of sp³-hybridized carbons (Fsp3) is 0.875. The van der Waals surface area contributed by atoms with Crippen molar-refractivity contribution in [2.45, 2.75) is 13.3 Å². The Morgan fingerprint density at radius 3 is 2.75 bits per heavy atom. The SMILES string of the molecule is CCN(C)C(=O)CCSCPC. The molecule has 0 saturated heterocycles. The van der Waals surface area contributed by atoms with Gasteiger partial charge in [-0.3, -0.25) is 4.79 Å². The summed E-state index contributed by atoms with van der Waals surface area (Å²) in [7, 11) is 2.85. The van der Waals surface area contributed by atoms with Crippen LogP contribution in [-0.4, -0.2) is 42.3 Å². The number of carbonyl (C=O) groups excluding carboxylic acids is 1. The van der Waals surface area contributed by atoms with Gasteiger partial charge >= 0.3 is 0 Å². The number of hydrogen-bond acceptors (Lipinski definition) is 2. The fourth-order valence-electron chi connectivity index (χ4n) is 0.701. The second kappa shape index (κ2) is 7.88. The Balaban J connectivity index is 3.31. The first-order valence-corrected chi connectivity index (χ1v) is 7.04. The largest absolute Gasteiger partial charge is 0.346 e. The highest BCUT2D eigenvalue weighted by Gasteiger charge is 2.04. The van der Waals surface area contributed by atoms with Gasteiger partial charge in [0.2, 0.25) is 5.91 Å². The van der Waals surface area contributed by atoms with E-state index in [0.717, 1.165) is 20.9 Å². The molecule has 0 aromatic heterocycles. The lowest BCUT2D eigenvalue weighted by Gasteiger charge is -2.13. The maximum atomic E-state index is 11.3. The third kappa shape index (κ3) is 5.84. The highest BCUT2D eigenvalue weighted by atomic mass is 32.2. The number of nitrogens with zero attached hydrogens (tertiary/aromatic N) is 1. The van der Waals surface area contributed by atoms with Crippen molar-refractivity contribution >= 4 is 26.2 Å². The standard InChI is InChI=1S/C8H18NOPS/c1-4-9(2)8(10)5-6-12-7-11-3/h11H,4-7H2,1-3H3. The molecule has 0 spiro atoms. The van der Waals surface area contributed by atoms with Gasteiger partial charge in [0.05, 0.1) is 0 Å². The molecule has 0 aromatic rings. The van der Waals surface area contributed by atoms with Gasteiger partial charge in [-0.05, 0) is 13.6 Å². The first-order chi connectivity index (χ1) is 5.72. The molecule has 4 heteroatoms. The molecule has 1 unspecified atom stereocenters. The number of amides is 1. The van der Waals surface area contributed by atoms with Gasteiger partial charge in [0.15, 0.2) is 0 Å². The summed E-state index contributed by atoms with van der Waals surface area (Å²) in [5.74, 6) is 1.24. The Labute approximate surface area is 81.3 Å². The van der Waals surface area contributed by atoms with Gasteiger partial charge in [0.1, 0.15) is 0 Å². The van der Waals surface area contributed by atoms with Crippen molar-refractivity contribution in [1.82, 2.24) is 4.90 Å². The van der Waals surface area contributed by atoms with Crippen LogP contribution in [0.15, 0.2) is 0 Å². The van der Waals surface area contributed by atoms with Crippen LogP contribution in [0.3, 0.4) is 0 Å². The molecule has 0 aliphatic carbocycles. The molecule has 0 radical (unpaired) electrons. The van der Waals surface area contributed by atoms with Crippen molar-refractivity contribution in [3.63, 3.8) is 0 Å².